The molecule has 1 unspecified atom stereocenters. The number of halogens is 3. The highest BCUT2D eigenvalue weighted by Crippen LogP contribution is 2.22. The number of benzene rings is 1. The van der Waals surface area contributed by atoms with Crippen LogP contribution in [-0.2, 0) is 10.0 Å². The van der Waals surface area contributed by atoms with E-state index in [4.69, 9.17) is 0 Å². The summed E-state index contributed by atoms with van der Waals surface area (Å²) in [5, 5.41) is 3.24. The molecule has 1 heterocycles. The molecule has 1 saturated heterocycles. The first-order valence-corrected chi connectivity index (χ1v) is 8.81. The van der Waals surface area contributed by atoms with Crippen molar-refractivity contribution >= 4 is 10.0 Å². The quantitative estimate of drug-likeness (QED) is 0.789. The summed E-state index contributed by atoms with van der Waals surface area (Å²) in [5.74, 6) is -1.43. The Morgan fingerprint density at radius 3 is 2.78 bits per heavy atom. The smallest absolute Gasteiger partial charge is 0.387 e. The molecule has 0 amide bonds. The molecule has 0 bridgehead atoms. The minimum Gasteiger partial charge on any atom is -0.432 e. The third kappa shape index (κ3) is 5.36. The molecular formula is C14H19F3N2O3S. The first kappa shape index (κ1) is 18.0. The number of piperidine rings is 1. The van der Waals surface area contributed by atoms with Gasteiger partial charge in [-0.05, 0) is 56.5 Å². The Morgan fingerprint density at radius 1 is 1.39 bits per heavy atom. The first-order chi connectivity index (χ1) is 10.9. The van der Waals surface area contributed by atoms with Gasteiger partial charge >= 0.3 is 6.61 Å². The average Bonchev–Trinajstić information content (AvgIpc) is 2.49. The lowest BCUT2D eigenvalue weighted by atomic mass is 9.96. The molecule has 2 N–H and O–H groups in total. The summed E-state index contributed by atoms with van der Waals surface area (Å²) in [7, 11) is -3.88. The second-order valence-corrected chi connectivity index (χ2v) is 7.14. The van der Waals surface area contributed by atoms with Gasteiger partial charge < -0.3 is 10.1 Å². The lowest BCUT2D eigenvalue weighted by Gasteiger charge is -2.22. The maximum atomic E-state index is 13.6. The number of rotatable bonds is 7. The van der Waals surface area contributed by atoms with E-state index >= 15 is 0 Å². The van der Waals surface area contributed by atoms with E-state index in [1.807, 2.05) is 0 Å². The second-order valence-electron chi connectivity index (χ2n) is 5.37. The topological polar surface area (TPSA) is 67.4 Å². The highest BCUT2D eigenvalue weighted by molar-refractivity contribution is 7.89. The maximum absolute atomic E-state index is 13.6. The zero-order valence-corrected chi connectivity index (χ0v) is 13.2. The third-order valence-electron chi connectivity index (χ3n) is 3.67. The van der Waals surface area contributed by atoms with E-state index in [-0.39, 0.29) is 11.4 Å². The molecule has 130 valence electrons. The number of alkyl halides is 2. The van der Waals surface area contributed by atoms with Crippen molar-refractivity contribution in [1.82, 2.24) is 10.0 Å². The fourth-order valence-electron chi connectivity index (χ4n) is 2.49. The van der Waals surface area contributed by atoms with Crippen LogP contribution in [0.2, 0.25) is 0 Å². The second kappa shape index (κ2) is 7.98. The summed E-state index contributed by atoms with van der Waals surface area (Å²) in [5.41, 5.74) is 0. The Morgan fingerprint density at radius 2 is 2.17 bits per heavy atom. The van der Waals surface area contributed by atoms with Gasteiger partial charge in [-0.15, -0.1) is 0 Å². The fourth-order valence-corrected chi connectivity index (χ4v) is 3.55. The highest BCUT2D eigenvalue weighted by atomic mass is 32.2. The van der Waals surface area contributed by atoms with E-state index in [9.17, 15) is 21.6 Å². The van der Waals surface area contributed by atoms with Crippen LogP contribution in [0.1, 0.15) is 19.3 Å². The third-order valence-corrected chi connectivity index (χ3v) is 5.13. The summed E-state index contributed by atoms with van der Waals surface area (Å²) in [6, 6.07) is 2.58. The van der Waals surface area contributed by atoms with Gasteiger partial charge in [0.05, 0.1) is 4.90 Å². The van der Waals surface area contributed by atoms with E-state index in [1.54, 1.807) is 0 Å². The summed E-state index contributed by atoms with van der Waals surface area (Å²) in [6.07, 6.45) is 2.79. The Kier molecular flexibility index (Phi) is 6.25. The van der Waals surface area contributed by atoms with Crippen molar-refractivity contribution in [2.75, 3.05) is 19.6 Å². The molecule has 2 rings (SSSR count). The Bertz CT molecular complexity index is 620. The molecular weight excluding hydrogens is 333 g/mol. The zero-order chi connectivity index (χ0) is 16.9. The van der Waals surface area contributed by atoms with Crippen molar-refractivity contribution in [2.24, 2.45) is 5.92 Å². The normalized spacial score (nSPS) is 19.0. The van der Waals surface area contributed by atoms with E-state index < -0.39 is 28.2 Å². The van der Waals surface area contributed by atoms with Gasteiger partial charge in [-0.1, -0.05) is 0 Å². The molecule has 1 aromatic rings. The predicted octanol–water partition coefficient (Wildman–Crippen LogP) is 2.10. The van der Waals surface area contributed by atoms with Gasteiger partial charge in [-0.3, -0.25) is 0 Å². The van der Waals surface area contributed by atoms with Crippen LogP contribution in [0.25, 0.3) is 0 Å². The lowest BCUT2D eigenvalue weighted by Crippen LogP contribution is -2.33. The predicted molar refractivity (Wildman–Crippen MR) is 78.4 cm³/mol. The van der Waals surface area contributed by atoms with Crippen molar-refractivity contribution in [2.45, 2.75) is 30.8 Å². The van der Waals surface area contributed by atoms with Crippen LogP contribution in [0.15, 0.2) is 23.1 Å². The van der Waals surface area contributed by atoms with Gasteiger partial charge in [-0.25, -0.2) is 17.5 Å². The average molecular weight is 352 g/mol. The molecule has 0 spiro atoms. The number of ether oxygens (including phenoxy) is 1. The summed E-state index contributed by atoms with van der Waals surface area (Å²) in [4.78, 5) is -0.321. The minimum atomic E-state index is -3.88. The molecule has 1 atom stereocenters. The van der Waals surface area contributed by atoms with Gasteiger partial charge in [0.2, 0.25) is 10.0 Å². The van der Waals surface area contributed by atoms with Gasteiger partial charge in [0.1, 0.15) is 0 Å². The van der Waals surface area contributed by atoms with Crippen LogP contribution in [0.5, 0.6) is 5.75 Å². The van der Waals surface area contributed by atoms with E-state index in [0.717, 1.165) is 38.1 Å². The van der Waals surface area contributed by atoms with Crippen molar-refractivity contribution in [3.63, 3.8) is 0 Å². The van der Waals surface area contributed by atoms with E-state index in [0.29, 0.717) is 18.4 Å². The first-order valence-electron chi connectivity index (χ1n) is 7.33. The largest absolute Gasteiger partial charge is 0.432 e. The number of nitrogens with one attached hydrogen (secondary N) is 2. The van der Waals surface area contributed by atoms with E-state index in [1.165, 1.54) is 0 Å². The van der Waals surface area contributed by atoms with Crippen molar-refractivity contribution < 1.29 is 26.3 Å². The molecule has 0 aliphatic carbocycles. The van der Waals surface area contributed by atoms with Crippen LogP contribution >= 0.6 is 0 Å². The molecule has 23 heavy (non-hydrogen) atoms. The fraction of sp³-hybridized carbons (Fsp3) is 0.571. The van der Waals surface area contributed by atoms with Crippen LogP contribution < -0.4 is 14.8 Å². The zero-order valence-electron chi connectivity index (χ0n) is 12.4. The van der Waals surface area contributed by atoms with Crippen LogP contribution in [0.4, 0.5) is 13.2 Å². The van der Waals surface area contributed by atoms with Gasteiger partial charge in [0.15, 0.2) is 11.6 Å². The van der Waals surface area contributed by atoms with Crippen LogP contribution in [-0.4, -0.2) is 34.7 Å². The number of hydrogen-bond acceptors (Lipinski definition) is 4. The maximum Gasteiger partial charge on any atom is 0.387 e. The van der Waals surface area contributed by atoms with Crippen molar-refractivity contribution in [3.05, 3.63) is 24.0 Å². The minimum absolute atomic E-state index is 0.242. The number of sulfonamides is 1. The molecule has 9 heteroatoms. The summed E-state index contributed by atoms with van der Waals surface area (Å²) in [6.45, 7) is -1.09. The van der Waals surface area contributed by atoms with Crippen LogP contribution in [0.3, 0.4) is 0 Å². The molecule has 5 nitrogen and oxygen atoms in total. The Labute approximate surface area is 133 Å². The Hall–Kier alpha value is -1.32. The molecule has 0 aromatic heterocycles. The SMILES string of the molecule is O=S(=O)(NCCC1CCCNC1)c1ccc(OC(F)F)c(F)c1. The van der Waals surface area contributed by atoms with Crippen molar-refractivity contribution in [1.29, 1.82) is 0 Å². The van der Waals surface area contributed by atoms with Gasteiger partial charge in [0, 0.05) is 6.54 Å². The lowest BCUT2D eigenvalue weighted by molar-refractivity contribution is -0.0522. The van der Waals surface area contributed by atoms with Gasteiger partial charge in [0.25, 0.3) is 0 Å². The summed E-state index contributed by atoms with van der Waals surface area (Å²) < 4.78 is 68.2. The number of hydrogen-bond donors (Lipinski definition) is 2. The van der Waals surface area contributed by atoms with E-state index in [2.05, 4.69) is 14.8 Å². The standard InChI is InChI=1S/C14H19F3N2O3S/c15-12-8-11(3-4-13(12)22-14(16)17)23(20,21)19-7-5-10-2-1-6-18-9-10/h3-4,8,10,14,18-19H,1-2,5-7,9H2. The molecule has 1 aliphatic rings. The molecule has 1 aromatic carbocycles. The summed E-state index contributed by atoms with van der Waals surface area (Å²) >= 11 is 0. The molecule has 0 saturated carbocycles. The Balaban J connectivity index is 1.94. The molecule has 1 aliphatic heterocycles. The van der Waals surface area contributed by atoms with Crippen molar-refractivity contribution in [3.8, 4) is 5.75 Å². The monoisotopic (exact) mass is 352 g/mol. The molecule has 0 radical (unpaired) electrons. The highest BCUT2D eigenvalue weighted by Gasteiger charge is 2.19. The van der Waals surface area contributed by atoms with Crippen LogP contribution in [0, 0.1) is 11.7 Å². The van der Waals surface area contributed by atoms with Gasteiger partial charge in [-0.2, -0.15) is 8.78 Å². The molecule has 1 fully saturated rings.